The minimum atomic E-state index is 0.686. The molecule has 2 heterocycles. The molecule has 1 aromatic heterocycles. The molecule has 2 N–H and O–H groups in total. The van der Waals surface area contributed by atoms with Crippen LogP contribution in [0.25, 0.3) is 0 Å². The van der Waals surface area contributed by atoms with Gasteiger partial charge in [0.1, 0.15) is 5.82 Å². The molecule has 5 heteroatoms. The van der Waals surface area contributed by atoms with Crippen molar-refractivity contribution in [2.24, 2.45) is 13.0 Å². The molecule has 1 aliphatic heterocycles. The van der Waals surface area contributed by atoms with Crippen LogP contribution in [0.1, 0.15) is 25.5 Å². The topological polar surface area (TPSA) is 56.3 Å². The van der Waals surface area contributed by atoms with Gasteiger partial charge in [0.2, 0.25) is 0 Å². The SMILES string of the molecule is CCc1nn(C)c(N2CCC(COC)CC2)c1N. The second-order valence-corrected chi connectivity index (χ2v) is 5.05. The smallest absolute Gasteiger partial charge is 0.150 e. The number of aromatic nitrogens is 2. The van der Waals surface area contributed by atoms with Crippen LogP contribution in [0.3, 0.4) is 0 Å². The van der Waals surface area contributed by atoms with Crippen LogP contribution < -0.4 is 10.6 Å². The number of nitrogens with two attached hydrogens (primary N) is 1. The maximum Gasteiger partial charge on any atom is 0.150 e. The minimum Gasteiger partial charge on any atom is -0.394 e. The molecule has 0 aliphatic carbocycles. The van der Waals surface area contributed by atoms with Crippen LogP contribution in [0.2, 0.25) is 0 Å². The molecule has 5 nitrogen and oxygen atoms in total. The van der Waals surface area contributed by atoms with Gasteiger partial charge in [-0.25, -0.2) is 0 Å². The Morgan fingerprint density at radius 1 is 1.39 bits per heavy atom. The Balaban J connectivity index is 2.07. The molecule has 102 valence electrons. The van der Waals surface area contributed by atoms with E-state index in [1.54, 1.807) is 7.11 Å². The van der Waals surface area contributed by atoms with E-state index in [2.05, 4.69) is 16.9 Å². The molecular formula is C13H24N4O. The maximum absolute atomic E-state index is 6.19. The van der Waals surface area contributed by atoms with Crippen LogP contribution in [-0.4, -0.2) is 36.6 Å². The largest absolute Gasteiger partial charge is 0.394 e. The molecule has 0 bridgehead atoms. The lowest BCUT2D eigenvalue weighted by atomic mass is 9.98. The summed E-state index contributed by atoms with van der Waals surface area (Å²) in [7, 11) is 3.76. The van der Waals surface area contributed by atoms with Crippen LogP contribution in [-0.2, 0) is 18.2 Å². The van der Waals surface area contributed by atoms with Crippen LogP contribution >= 0.6 is 0 Å². The first-order chi connectivity index (χ1) is 8.67. The zero-order valence-corrected chi connectivity index (χ0v) is 11.6. The number of hydrogen-bond donors (Lipinski definition) is 1. The molecule has 0 radical (unpaired) electrons. The summed E-state index contributed by atoms with van der Waals surface area (Å²) in [5.74, 6) is 1.77. The monoisotopic (exact) mass is 252 g/mol. The van der Waals surface area contributed by atoms with E-state index in [-0.39, 0.29) is 0 Å². The van der Waals surface area contributed by atoms with Crippen LogP contribution in [0.4, 0.5) is 11.5 Å². The van der Waals surface area contributed by atoms with Gasteiger partial charge in [0, 0.05) is 33.9 Å². The Kier molecular flexibility index (Phi) is 4.11. The standard InChI is InChI=1S/C13H24N4O/c1-4-11-12(14)13(16(2)15-11)17-7-5-10(6-8-17)9-18-3/h10H,4-9,14H2,1-3H3. The van der Waals surface area contributed by atoms with Crippen molar-refractivity contribution in [1.29, 1.82) is 0 Å². The molecule has 1 aromatic rings. The van der Waals surface area contributed by atoms with Crippen molar-refractivity contribution in [2.75, 3.05) is 37.4 Å². The highest BCUT2D eigenvalue weighted by Crippen LogP contribution is 2.30. The average Bonchev–Trinajstić information content (AvgIpc) is 2.66. The lowest BCUT2D eigenvalue weighted by Crippen LogP contribution is -2.36. The van der Waals surface area contributed by atoms with Gasteiger partial charge < -0.3 is 15.4 Å². The highest BCUT2D eigenvalue weighted by Gasteiger charge is 2.24. The summed E-state index contributed by atoms with van der Waals surface area (Å²) in [5, 5.41) is 4.48. The second kappa shape index (κ2) is 5.61. The zero-order valence-electron chi connectivity index (χ0n) is 11.6. The normalized spacial score (nSPS) is 17.4. The van der Waals surface area contributed by atoms with E-state index < -0.39 is 0 Å². The number of ether oxygens (including phenoxy) is 1. The number of piperidine rings is 1. The van der Waals surface area contributed by atoms with Gasteiger partial charge in [-0.05, 0) is 25.2 Å². The highest BCUT2D eigenvalue weighted by molar-refractivity contribution is 5.66. The lowest BCUT2D eigenvalue weighted by molar-refractivity contribution is 0.139. The Hall–Kier alpha value is -1.23. The fourth-order valence-corrected chi connectivity index (χ4v) is 2.77. The zero-order chi connectivity index (χ0) is 13.1. The van der Waals surface area contributed by atoms with Crippen molar-refractivity contribution < 1.29 is 4.74 Å². The summed E-state index contributed by atoms with van der Waals surface area (Å²) in [4.78, 5) is 2.35. The predicted molar refractivity (Wildman–Crippen MR) is 73.8 cm³/mol. The van der Waals surface area contributed by atoms with Crippen molar-refractivity contribution in [2.45, 2.75) is 26.2 Å². The van der Waals surface area contributed by atoms with Gasteiger partial charge >= 0.3 is 0 Å². The fraction of sp³-hybridized carbons (Fsp3) is 0.769. The number of aryl methyl sites for hydroxylation is 2. The molecule has 0 saturated carbocycles. The molecule has 1 fully saturated rings. The first kappa shape index (κ1) is 13.2. The third kappa shape index (κ3) is 2.46. The molecule has 0 unspecified atom stereocenters. The third-order valence-corrected chi connectivity index (χ3v) is 3.78. The van der Waals surface area contributed by atoms with Gasteiger partial charge in [-0.1, -0.05) is 6.92 Å². The first-order valence-corrected chi connectivity index (χ1v) is 6.72. The van der Waals surface area contributed by atoms with Crippen molar-refractivity contribution in [3.8, 4) is 0 Å². The number of nitrogen functional groups attached to an aromatic ring is 1. The van der Waals surface area contributed by atoms with Gasteiger partial charge in [-0.15, -0.1) is 0 Å². The summed E-state index contributed by atoms with van der Waals surface area (Å²) < 4.78 is 7.15. The number of rotatable bonds is 4. The second-order valence-electron chi connectivity index (χ2n) is 5.05. The molecule has 0 atom stereocenters. The molecular weight excluding hydrogens is 228 g/mol. The van der Waals surface area contributed by atoms with Crippen LogP contribution in [0.5, 0.6) is 0 Å². The van der Waals surface area contributed by atoms with E-state index in [0.717, 1.165) is 43.3 Å². The van der Waals surface area contributed by atoms with Crippen LogP contribution in [0, 0.1) is 5.92 Å². The average molecular weight is 252 g/mol. The molecule has 0 aromatic carbocycles. The third-order valence-electron chi connectivity index (χ3n) is 3.78. The van der Waals surface area contributed by atoms with E-state index in [1.807, 2.05) is 11.7 Å². The number of nitrogens with zero attached hydrogens (tertiary/aromatic N) is 3. The van der Waals surface area contributed by atoms with E-state index in [1.165, 1.54) is 12.8 Å². The Bertz CT molecular complexity index is 394. The van der Waals surface area contributed by atoms with Crippen molar-refractivity contribution >= 4 is 11.5 Å². The van der Waals surface area contributed by atoms with Crippen molar-refractivity contribution in [1.82, 2.24) is 9.78 Å². The quantitative estimate of drug-likeness (QED) is 0.880. The molecule has 0 spiro atoms. The fourth-order valence-electron chi connectivity index (χ4n) is 2.77. The summed E-state index contributed by atoms with van der Waals surface area (Å²) >= 11 is 0. The summed E-state index contributed by atoms with van der Waals surface area (Å²) in [6.45, 7) is 5.05. The Morgan fingerprint density at radius 3 is 2.56 bits per heavy atom. The van der Waals surface area contributed by atoms with Gasteiger partial charge in [0.25, 0.3) is 0 Å². The van der Waals surface area contributed by atoms with E-state index in [0.29, 0.717) is 5.92 Å². The molecule has 18 heavy (non-hydrogen) atoms. The Morgan fingerprint density at radius 2 is 2.06 bits per heavy atom. The minimum absolute atomic E-state index is 0.686. The van der Waals surface area contributed by atoms with Gasteiger partial charge in [0.15, 0.2) is 0 Å². The lowest BCUT2D eigenvalue weighted by Gasteiger charge is -2.33. The Labute approximate surface area is 109 Å². The molecule has 1 saturated heterocycles. The first-order valence-electron chi connectivity index (χ1n) is 6.72. The highest BCUT2D eigenvalue weighted by atomic mass is 16.5. The van der Waals surface area contributed by atoms with Gasteiger partial charge in [0.05, 0.1) is 11.4 Å². The summed E-state index contributed by atoms with van der Waals surface area (Å²) in [6.07, 6.45) is 3.22. The summed E-state index contributed by atoms with van der Waals surface area (Å²) in [6, 6.07) is 0. The number of methoxy groups -OCH3 is 1. The maximum atomic E-state index is 6.19. The molecule has 2 rings (SSSR count). The van der Waals surface area contributed by atoms with Gasteiger partial charge in [-0.2, -0.15) is 5.10 Å². The van der Waals surface area contributed by atoms with Crippen molar-refractivity contribution in [3.63, 3.8) is 0 Å². The van der Waals surface area contributed by atoms with Crippen LogP contribution in [0.15, 0.2) is 0 Å². The molecule has 0 amide bonds. The number of anilines is 2. The summed E-state index contributed by atoms with van der Waals surface area (Å²) in [5.41, 5.74) is 8.05. The predicted octanol–water partition coefficient (Wildman–Crippen LogP) is 1.43. The molecule has 1 aliphatic rings. The number of hydrogen-bond acceptors (Lipinski definition) is 4. The van der Waals surface area contributed by atoms with Gasteiger partial charge in [-0.3, -0.25) is 4.68 Å². The van der Waals surface area contributed by atoms with E-state index in [4.69, 9.17) is 10.5 Å². The van der Waals surface area contributed by atoms with E-state index >= 15 is 0 Å². The van der Waals surface area contributed by atoms with E-state index in [9.17, 15) is 0 Å². The van der Waals surface area contributed by atoms with Crippen molar-refractivity contribution in [3.05, 3.63) is 5.69 Å².